The first-order chi connectivity index (χ1) is 12.6. The van der Waals surface area contributed by atoms with E-state index in [9.17, 15) is 4.79 Å². The minimum atomic E-state index is -0.323. The Morgan fingerprint density at radius 1 is 1.23 bits per heavy atom. The first-order valence-electron chi connectivity index (χ1n) is 8.38. The number of nitrogens with one attached hydrogen (secondary N) is 3. The van der Waals surface area contributed by atoms with Gasteiger partial charge in [-0.2, -0.15) is 5.10 Å². The number of aromatic nitrogens is 5. The van der Waals surface area contributed by atoms with Crippen LogP contribution >= 0.6 is 0 Å². The van der Waals surface area contributed by atoms with E-state index in [1.54, 1.807) is 12.4 Å². The summed E-state index contributed by atoms with van der Waals surface area (Å²) in [6, 6.07) is 5.56. The van der Waals surface area contributed by atoms with Crippen molar-refractivity contribution in [3.05, 3.63) is 65.1 Å². The van der Waals surface area contributed by atoms with E-state index in [1.807, 2.05) is 38.2 Å². The van der Waals surface area contributed by atoms with E-state index < -0.39 is 0 Å². The Morgan fingerprint density at radius 2 is 2.12 bits per heavy atom. The summed E-state index contributed by atoms with van der Waals surface area (Å²) >= 11 is 0. The number of carbonyl (C=O) groups excluding carboxylic acids is 1. The molecule has 3 heterocycles. The number of nitrogens with zero attached hydrogens (tertiary/aromatic N) is 4. The maximum Gasteiger partial charge on any atom is 0.289 e. The van der Waals surface area contributed by atoms with Gasteiger partial charge in [-0.1, -0.05) is 6.07 Å². The quantitative estimate of drug-likeness (QED) is 0.599. The fourth-order valence-corrected chi connectivity index (χ4v) is 2.39. The Kier molecular flexibility index (Phi) is 5.52. The third kappa shape index (κ3) is 4.41. The van der Waals surface area contributed by atoms with E-state index >= 15 is 0 Å². The second kappa shape index (κ2) is 8.19. The van der Waals surface area contributed by atoms with Crippen LogP contribution in [0.15, 0.2) is 36.8 Å². The molecule has 0 unspecified atom stereocenters. The highest BCUT2D eigenvalue weighted by Gasteiger charge is 2.14. The second-order valence-corrected chi connectivity index (χ2v) is 5.89. The molecule has 0 atom stereocenters. The average molecular weight is 351 g/mol. The number of hydrogen-bond donors (Lipinski definition) is 3. The molecule has 0 aromatic carbocycles. The molecular formula is C18H21N7O. The van der Waals surface area contributed by atoms with Crippen molar-refractivity contribution in [2.24, 2.45) is 0 Å². The van der Waals surface area contributed by atoms with E-state index in [0.717, 1.165) is 28.9 Å². The molecule has 0 radical (unpaired) electrons. The molecule has 3 aromatic heterocycles. The lowest BCUT2D eigenvalue weighted by Crippen LogP contribution is -2.26. The van der Waals surface area contributed by atoms with Crippen LogP contribution in [0, 0.1) is 13.8 Å². The normalized spacial score (nSPS) is 10.5. The van der Waals surface area contributed by atoms with Crippen molar-refractivity contribution in [1.82, 2.24) is 30.5 Å². The Morgan fingerprint density at radius 3 is 2.85 bits per heavy atom. The van der Waals surface area contributed by atoms with Gasteiger partial charge < -0.3 is 10.6 Å². The first kappa shape index (κ1) is 17.5. The van der Waals surface area contributed by atoms with Crippen LogP contribution in [-0.4, -0.2) is 37.6 Å². The number of amides is 1. The highest BCUT2D eigenvalue weighted by Crippen LogP contribution is 2.15. The van der Waals surface area contributed by atoms with Gasteiger partial charge in [0.1, 0.15) is 5.82 Å². The molecule has 0 aliphatic heterocycles. The lowest BCUT2D eigenvalue weighted by Gasteiger charge is -2.12. The first-order valence-corrected chi connectivity index (χ1v) is 8.38. The third-order valence-electron chi connectivity index (χ3n) is 4.01. The molecule has 134 valence electrons. The van der Waals surface area contributed by atoms with Crippen LogP contribution in [0.4, 0.5) is 5.82 Å². The molecule has 0 aliphatic carbocycles. The number of hydrogen-bond acceptors (Lipinski definition) is 6. The van der Waals surface area contributed by atoms with Gasteiger partial charge >= 0.3 is 0 Å². The number of rotatable bonds is 7. The summed E-state index contributed by atoms with van der Waals surface area (Å²) in [5.74, 6) is 0.496. The highest BCUT2D eigenvalue weighted by molar-refractivity contribution is 5.90. The lowest BCUT2D eigenvalue weighted by molar-refractivity contribution is 0.0940. The van der Waals surface area contributed by atoms with Gasteiger partial charge in [-0.25, -0.2) is 9.97 Å². The molecule has 0 aliphatic rings. The van der Waals surface area contributed by atoms with E-state index in [0.29, 0.717) is 18.9 Å². The Balaban J connectivity index is 1.65. The summed E-state index contributed by atoms with van der Waals surface area (Å²) in [6.07, 6.45) is 6.14. The molecule has 8 heteroatoms. The zero-order chi connectivity index (χ0) is 18.4. The van der Waals surface area contributed by atoms with Crippen molar-refractivity contribution in [2.75, 3.05) is 11.9 Å². The van der Waals surface area contributed by atoms with Gasteiger partial charge in [-0.15, -0.1) is 0 Å². The van der Waals surface area contributed by atoms with E-state index in [1.165, 1.54) is 0 Å². The zero-order valence-corrected chi connectivity index (χ0v) is 14.8. The van der Waals surface area contributed by atoms with Gasteiger partial charge in [-0.3, -0.25) is 14.9 Å². The summed E-state index contributed by atoms with van der Waals surface area (Å²) < 4.78 is 0. The number of carbonyl (C=O) groups is 1. The van der Waals surface area contributed by atoms with Crippen molar-refractivity contribution in [3.63, 3.8) is 0 Å². The molecule has 26 heavy (non-hydrogen) atoms. The molecular weight excluding hydrogens is 330 g/mol. The van der Waals surface area contributed by atoms with Gasteiger partial charge in [0.05, 0.1) is 18.4 Å². The Bertz CT molecular complexity index is 863. The van der Waals surface area contributed by atoms with E-state index in [-0.39, 0.29) is 11.7 Å². The summed E-state index contributed by atoms with van der Waals surface area (Å²) in [7, 11) is 0. The van der Waals surface area contributed by atoms with Crippen molar-refractivity contribution in [3.8, 4) is 0 Å². The highest BCUT2D eigenvalue weighted by atomic mass is 16.2. The monoisotopic (exact) mass is 351 g/mol. The Labute approximate surface area is 151 Å². The largest absolute Gasteiger partial charge is 0.369 e. The van der Waals surface area contributed by atoms with Crippen LogP contribution in [0.25, 0.3) is 0 Å². The van der Waals surface area contributed by atoms with Gasteiger partial charge in [0.25, 0.3) is 5.91 Å². The molecule has 0 bridgehead atoms. The van der Waals surface area contributed by atoms with Gasteiger partial charge in [0.15, 0.2) is 0 Å². The van der Waals surface area contributed by atoms with E-state index in [2.05, 4.69) is 35.8 Å². The van der Waals surface area contributed by atoms with Crippen LogP contribution in [0.1, 0.15) is 33.1 Å². The topological polar surface area (TPSA) is 108 Å². The van der Waals surface area contributed by atoms with Crippen LogP contribution < -0.4 is 10.6 Å². The number of aryl methyl sites for hydroxylation is 1. The Hall–Kier alpha value is -3.29. The van der Waals surface area contributed by atoms with Gasteiger partial charge in [-0.05, 0) is 38.0 Å². The van der Waals surface area contributed by atoms with Crippen LogP contribution in [0.2, 0.25) is 0 Å². The SMILES string of the molecule is Cc1nc(C(=O)NCc2ccccn2)nc(NCCc2cn[nH]c2)c1C. The number of pyridine rings is 1. The smallest absolute Gasteiger partial charge is 0.289 e. The fourth-order valence-electron chi connectivity index (χ4n) is 2.39. The zero-order valence-electron chi connectivity index (χ0n) is 14.8. The standard InChI is InChI=1S/C18H21N7O/c1-12-13(2)24-17(18(26)21-11-15-5-3-4-7-19-15)25-16(12)20-8-6-14-9-22-23-10-14/h3-5,7,9-10H,6,8,11H2,1-2H3,(H,21,26)(H,22,23)(H,20,24,25). The van der Waals surface area contributed by atoms with Crippen LogP contribution in [0.3, 0.4) is 0 Å². The maximum absolute atomic E-state index is 12.4. The predicted molar refractivity (Wildman–Crippen MR) is 97.7 cm³/mol. The molecule has 0 spiro atoms. The molecule has 0 fully saturated rings. The average Bonchev–Trinajstić information content (AvgIpc) is 3.17. The molecule has 3 aromatic rings. The molecule has 8 nitrogen and oxygen atoms in total. The van der Waals surface area contributed by atoms with Crippen molar-refractivity contribution < 1.29 is 4.79 Å². The van der Waals surface area contributed by atoms with E-state index in [4.69, 9.17) is 0 Å². The second-order valence-electron chi connectivity index (χ2n) is 5.89. The molecule has 3 N–H and O–H groups in total. The molecule has 0 saturated heterocycles. The summed E-state index contributed by atoms with van der Waals surface area (Å²) in [5.41, 5.74) is 3.59. The van der Waals surface area contributed by atoms with Crippen molar-refractivity contribution in [1.29, 1.82) is 0 Å². The van der Waals surface area contributed by atoms with Gasteiger partial charge in [0, 0.05) is 30.2 Å². The number of H-pyrrole nitrogens is 1. The van der Waals surface area contributed by atoms with Crippen LogP contribution in [-0.2, 0) is 13.0 Å². The maximum atomic E-state index is 12.4. The number of aromatic amines is 1. The number of anilines is 1. The minimum Gasteiger partial charge on any atom is -0.369 e. The van der Waals surface area contributed by atoms with Crippen molar-refractivity contribution in [2.45, 2.75) is 26.8 Å². The van der Waals surface area contributed by atoms with Crippen LogP contribution in [0.5, 0.6) is 0 Å². The molecule has 3 rings (SSSR count). The minimum absolute atomic E-state index is 0.148. The molecule has 1 amide bonds. The lowest BCUT2D eigenvalue weighted by atomic mass is 10.2. The third-order valence-corrected chi connectivity index (χ3v) is 4.01. The predicted octanol–water partition coefficient (Wildman–Crippen LogP) is 1.80. The summed E-state index contributed by atoms with van der Waals surface area (Å²) in [4.78, 5) is 25.3. The fraction of sp³-hybridized carbons (Fsp3) is 0.278. The van der Waals surface area contributed by atoms with Crippen molar-refractivity contribution >= 4 is 11.7 Å². The molecule has 0 saturated carbocycles. The summed E-state index contributed by atoms with van der Waals surface area (Å²) in [6.45, 7) is 4.82. The van der Waals surface area contributed by atoms with Gasteiger partial charge in [0.2, 0.25) is 5.82 Å². The summed E-state index contributed by atoms with van der Waals surface area (Å²) in [5, 5.41) is 12.8.